The number of carbonyl (C=O) groups is 1. The van der Waals surface area contributed by atoms with Gasteiger partial charge in [-0.2, -0.15) is 0 Å². The van der Waals surface area contributed by atoms with Crippen molar-refractivity contribution in [3.63, 3.8) is 0 Å². The number of carbonyl (C=O) groups excluding carboxylic acids is 1. The van der Waals surface area contributed by atoms with Gasteiger partial charge in [-0.15, -0.1) is 10.2 Å². The van der Waals surface area contributed by atoms with Crippen molar-refractivity contribution in [3.05, 3.63) is 108 Å². The molecule has 7 rings (SSSR count). The summed E-state index contributed by atoms with van der Waals surface area (Å²) in [5.41, 5.74) is 5.04. The first-order valence-corrected chi connectivity index (χ1v) is 19.1. The molecule has 2 aromatic heterocycles. The maximum absolute atomic E-state index is 13.6. The molecule has 0 saturated carbocycles. The summed E-state index contributed by atoms with van der Waals surface area (Å²) in [4.78, 5) is 27.5. The lowest BCUT2D eigenvalue weighted by atomic mass is 10.1. The number of aromatic nitrogens is 5. The van der Waals surface area contributed by atoms with Crippen molar-refractivity contribution in [3.8, 4) is 28.3 Å². The highest BCUT2D eigenvalue weighted by Gasteiger charge is 2.26. The second kappa shape index (κ2) is 14.4. The van der Waals surface area contributed by atoms with Crippen LogP contribution in [-0.2, 0) is 14.8 Å². The summed E-state index contributed by atoms with van der Waals surface area (Å²) in [7, 11) is -0.665. The standard InChI is InChI=1S/C37H35ClN8O3S2/c1-25-9-7-13-29(21-25)46-35(27-12-8-14-30(22-27)51(48,49)43(2)3)41-42-37(46)50-24-33(47)44-17-19-45(20-18-44)36-39-32-16-15-28(38)23-31(32)34(40-36)26-10-5-4-6-11-26/h4-16,21-23H,17-20,24H2,1-3H3. The van der Waals surface area contributed by atoms with Crippen LogP contribution in [0.1, 0.15) is 5.56 Å². The number of amides is 1. The molecule has 4 aromatic carbocycles. The highest BCUT2D eigenvalue weighted by molar-refractivity contribution is 7.99. The molecule has 0 N–H and O–H groups in total. The first-order chi connectivity index (χ1) is 24.6. The fourth-order valence-corrected chi connectivity index (χ4v) is 7.95. The van der Waals surface area contributed by atoms with Gasteiger partial charge >= 0.3 is 0 Å². The van der Waals surface area contributed by atoms with Crippen LogP contribution in [-0.4, -0.2) is 94.3 Å². The summed E-state index contributed by atoms with van der Waals surface area (Å²) in [5.74, 6) is 1.24. The van der Waals surface area contributed by atoms with E-state index in [0.29, 0.717) is 53.7 Å². The molecule has 0 aliphatic carbocycles. The molecule has 11 nitrogen and oxygen atoms in total. The smallest absolute Gasteiger partial charge is 0.242 e. The number of hydrogen-bond donors (Lipinski definition) is 0. The van der Waals surface area contributed by atoms with E-state index >= 15 is 0 Å². The molecule has 14 heteroatoms. The molecule has 260 valence electrons. The predicted molar refractivity (Wildman–Crippen MR) is 202 cm³/mol. The normalized spacial score (nSPS) is 13.7. The van der Waals surface area contributed by atoms with Gasteiger partial charge in [0.25, 0.3) is 0 Å². The third-order valence-corrected chi connectivity index (χ3v) is 11.7. The van der Waals surface area contributed by atoms with Crippen LogP contribution in [0.5, 0.6) is 0 Å². The fraction of sp³-hybridized carbons (Fsp3) is 0.216. The van der Waals surface area contributed by atoms with Crippen molar-refractivity contribution in [2.45, 2.75) is 17.0 Å². The number of fused-ring (bicyclic) bond motifs is 1. The summed E-state index contributed by atoms with van der Waals surface area (Å²) in [5, 5.41) is 11.0. The number of benzene rings is 4. The molecule has 51 heavy (non-hydrogen) atoms. The average molecular weight is 739 g/mol. The molecule has 6 aromatic rings. The maximum Gasteiger partial charge on any atom is 0.242 e. The van der Waals surface area contributed by atoms with E-state index in [-0.39, 0.29) is 16.6 Å². The first kappa shape index (κ1) is 34.6. The van der Waals surface area contributed by atoms with Crippen LogP contribution in [0.3, 0.4) is 0 Å². The summed E-state index contributed by atoms with van der Waals surface area (Å²) < 4.78 is 28.9. The highest BCUT2D eigenvalue weighted by atomic mass is 35.5. The Kier molecular flexibility index (Phi) is 9.79. The van der Waals surface area contributed by atoms with Crippen LogP contribution < -0.4 is 4.90 Å². The predicted octanol–water partition coefficient (Wildman–Crippen LogP) is 6.20. The summed E-state index contributed by atoms with van der Waals surface area (Å²) in [6.45, 7) is 4.20. The summed E-state index contributed by atoms with van der Waals surface area (Å²) in [6, 6.07) is 30.2. The van der Waals surface area contributed by atoms with Crippen LogP contribution >= 0.6 is 23.4 Å². The number of rotatable bonds is 9. The number of piperazine rings is 1. The Labute approximate surface area is 306 Å². The van der Waals surface area contributed by atoms with Crippen LogP contribution in [0.15, 0.2) is 107 Å². The Morgan fingerprint density at radius 2 is 1.59 bits per heavy atom. The number of aryl methyl sites for hydroxylation is 1. The van der Waals surface area contributed by atoms with Crippen LogP contribution in [0.2, 0.25) is 5.02 Å². The van der Waals surface area contributed by atoms with E-state index < -0.39 is 10.0 Å². The zero-order chi connectivity index (χ0) is 35.7. The van der Waals surface area contributed by atoms with Crippen molar-refractivity contribution in [2.24, 2.45) is 0 Å². The monoisotopic (exact) mass is 738 g/mol. The van der Waals surface area contributed by atoms with Crippen molar-refractivity contribution in [2.75, 3.05) is 50.9 Å². The zero-order valence-corrected chi connectivity index (χ0v) is 30.7. The van der Waals surface area contributed by atoms with Gasteiger partial charge in [0, 0.05) is 67.5 Å². The van der Waals surface area contributed by atoms with Gasteiger partial charge in [0.15, 0.2) is 11.0 Å². The lowest BCUT2D eigenvalue weighted by Crippen LogP contribution is -2.49. The molecule has 0 unspecified atom stereocenters. The second-order valence-electron chi connectivity index (χ2n) is 12.4. The van der Waals surface area contributed by atoms with E-state index in [2.05, 4.69) is 15.1 Å². The molecule has 1 aliphatic heterocycles. The molecule has 0 bridgehead atoms. The fourth-order valence-electron chi connectivity index (χ4n) is 5.98. The topological polar surface area (TPSA) is 117 Å². The van der Waals surface area contributed by atoms with E-state index in [1.807, 2.05) is 89.2 Å². The largest absolute Gasteiger partial charge is 0.338 e. The van der Waals surface area contributed by atoms with E-state index in [1.54, 1.807) is 24.3 Å². The number of hydrogen-bond acceptors (Lipinski definition) is 9. The van der Waals surface area contributed by atoms with Crippen LogP contribution in [0.4, 0.5) is 5.95 Å². The van der Waals surface area contributed by atoms with Crippen molar-refractivity contribution in [1.82, 2.24) is 33.9 Å². The van der Waals surface area contributed by atoms with Gasteiger partial charge in [-0.05, 0) is 55.0 Å². The van der Waals surface area contributed by atoms with Crippen molar-refractivity contribution in [1.29, 1.82) is 0 Å². The molecule has 1 saturated heterocycles. The molecule has 1 fully saturated rings. The Balaban J connectivity index is 1.09. The minimum Gasteiger partial charge on any atom is -0.338 e. The first-order valence-electron chi connectivity index (χ1n) is 16.3. The molecule has 0 spiro atoms. The molecule has 1 aliphatic rings. The van der Waals surface area contributed by atoms with Gasteiger partial charge in [0.1, 0.15) is 0 Å². The SMILES string of the molecule is Cc1cccc(-n2c(SCC(=O)N3CCN(c4nc(-c5ccccc5)c5cc(Cl)ccc5n4)CC3)nnc2-c2cccc(S(=O)(=O)N(C)C)c2)c1. The van der Waals surface area contributed by atoms with Crippen molar-refractivity contribution < 1.29 is 13.2 Å². The number of thioether (sulfide) groups is 1. The van der Waals surface area contributed by atoms with Gasteiger partial charge in [-0.25, -0.2) is 22.7 Å². The van der Waals surface area contributed by atoms with E-state index in [1.165, 1.54) is 30.2 Å². The molecular weight excluding hydrogens is 704 g/mol. The summed E-state index contributed by atoms with van der Waals surface area (Å²) >= 11 is 7.65. The van der Waals surface area contributed by atoms with Gasteiger partial charge in [-0.3, -0.25) is 9.36 Å². The molecule has 0 radical (unpaired) electrons. The van der Waals surface area contributed by atoms with Gasteiger partial charge < -0.3 is 9.80 Å². The van der Waals surface area contributed by atoms with E-state index in [0.717, 1.165) is 33.4 Å². The van der Waals surface area contributed by atoms with E-state index in [4.69, 9.17) is 21.6 Å². The lowest BCUT2D eigenvalue weighted by molar-refractivity contribution is -0.128. The molecule has 0 atom stereocenters. The lowest BCUT2D eigenvalue weighted by Gasteiger charge is -2.35. The maximum atomic E-state index is 13.6. The van der Waals surface area contributed by atoms with E-state index in [9.17, 15) is 13.2 Å². The molecular formula is C37H35ClN8O3S2. The number of anilines is 1. The van der Waals surface area contributed by atoms with Crippen LogP contribution in [0, 0.1) is 6.92 Å². The number of nitrogens with zero attached hydrogens (tertiary/aromatic N) is 8. The summed E-state index contributed by atoms with van der Waals surface area (Å²) in [6.07, 6.45) is 0. The quantitative estimate of drug-likeness (QED) is 0.160. The Morgan fingerprint density at radius 1 is 0.843 bits per heavy atom. The Bertz CT molecular complexity index is 2340. The number of sulfonamides is 1. The molecule has 1 amide bonds. The minimum atomic E-state index is -3.66. The third kappa shape index (κ3) is 7.20. The van der Waals surface area contributed by atoms with Crippen molar-refractivity contribution >= 4 is 56.1 Å². The minimum absolute atomic E-state index is 0.0156. The number of halogens is 1. The van der Waals surface area contributed by atoms with Gasteiger partial charge in [-0.1, -0.05) is 78.0 Å². The third-order valence-electron chi connectivity index (χ3n) is 8.70. The van der Waals surface area contributed by atoms with Crippen LogP contribution in [0.25, 0.3) is 39.2 Å². The Hall–Kier alpha value is -4.82. The average Bonchev–Trinajstić information content (AvgIpc) is 3.58. The van der Waals surface area contributed by atoms with Gasteiger partial charge in [0.2, 0.25) is 21.9 Å². The Morgan fingerprint density at radius 3 is 2.33 bits per heavy atom. The molecule has 3 heterocycles. The zero-order valence-electron chi connectivity index (χ0n) is 28.3. The highest BCUT2D eigenvalue weighted by Crippen LogP contribution is 2.32. The van der Waals surface area contributed by atoms with Gasteiger partial charge in [0.05, 0.1) is 21.9 Å². The second-order valence-corrected chi connectivity index (χ2v) is 15.9.